The summed E-state index contributed by atoms with van der Waals surface area (Å²) in [4.78, 5) is 0. The van der Waals surface area contributed by atoms with E-state index in [1.807, 2.05) is 68.4 Å². The van der Waals surface area contributed by atoms with Crippen molar-refractivity contribution in [2.75, 3.05) is 5.32 Å². The standard InChI is InChI=1S/C16H17N3S/c1-12-8-10-15(11-9-12)17-16(20)19-18-13(2)14-6-4-3-5-7-14/h3-11H,1-2H3,(H2,17,19,20)/b18-13+. The third-order valence-corrected chi connectivity index (χ3v) is 3.02. The van der Waals surface area contributed by atoms with Crippen LogP contribution in [-0.2, 0) is 0 Å². The van der Waals surface area contributed by atoms with Gasteiger partial charge in [0.05, 0.1) is 5.71 Å². The van der Waals surface area contributed by atoms with Crippen LogP contribution >= 0.6 is 12.2 Å². The Morgan fingerprint density at radius 1 is 1.00 bits per heavy atom. The maximum Gasteiger partial charge on any atom is 0.191 e. The molecule has 102 valence electrons. The van der Waals surface area contributed by atoms with Gasteiger partial charge in [0.1, 0.15) is 0 Å². The third-order valence-electron chi connectivity index (χ3n) is 2.83. The van der Waals surface area contributed by atoms with Crippen molar-refractivity contribution in [3.8, 4) is 0 Å². The van der Waals surface area contributed by atoms with Crippen molar-refractivity contribution >= 4 is 28.7 Å². The maximum atomic E-state index is 5.21. The number of benzene rings is 2. The number of nitrogens with zero attached hydrogens (tertiary/aromatic N) is 1. The van der Waals surface area contributed by atoms with Gasteiger partial charge >= 0.3 is 0 Å². The van der Waals surface area contributed by atoms with E-state index in [9.17, 15) is 0 Å². The average molecular weight is 283 g/mol. The quantitative estimate of drug-likeness (QED) is 0.512. The van der Waals surface area contributed by atoms with Crippen LogP contribution < -0.4 is 10.7 Å². The third kappa shape index (κ3) is 4.17. The van der Waals surface area contributed by atoms with Crippen LogP contribution in [0.1, 0.15) is 18.1 Å². The molecule has 0 amide bonds. The van der Waals surface area contributed by atoms with Crippen LogP contribution in [0.2, 0.25) is 0 Å². The molecule has 0 saturated heterocycles. The van der Waals surface area contributed by atoms with Crippen LogP contribution in [-0.4, -0.2) is 10.8 Å². The minimum Gasteiger partial charge on any atom is -0.331 e. The molecule has 0 aliphatic heterocycles. The lowest BCUT2D eigenvalue weighted by Crippen LogP contribution is -2.24. The first-order valence-corrected chi connectivity index (χ1v) is 6.79. The molecule has 0 atom stereocenters. The first-order valence-electron chi connectivity index (χ1n) is 6.38. The number of nitrogens with one attached hydrogen (secondary N) is 2. The van der Waals surface area contributed by atoms with Gasteiger partial charge in [-0.15, -0.1) is 0 Å². The van der Waals surface area contributed by atoms with Gasteiger partial charge in [0.15, 0.2) is 5.11 Å². The first-order chi connectivity index (χ1) is 9.65. The number of rotatable bonds is 3. The summed E-state index contributed by atoms with van der Waals surface area (Å²) >= 11 is 5.21. The second-order valence-corrected chi connectivity index (χ2v) is 4.90. The molecular weight excluding hydrogens is 266 g/mol. The van der Waals surface area contributed by atoms with Gasteiger partial charge in [0.25, 0.3) is 0 Å². The van der Waals surface area contributed by atoms with Gasteiger partial charge in [-0.3, -0.25) is 5.43 Å². The molecule has 0 unspecified atom stereocenters. The number of hydrogen-bond donors (Lipinski definition) is 2. The molecule has 2 N–H and O–H groups in total. The summed E-state index contributed by atoms with van der Waals surface area (Å²) in [5.74, 6) is 0. The van der Waals surface area contributed by atoms with Crippen LogP contribution in [0.25, 0.3) is 0 Å². The summed E-state index contributed by atoms with van der Waals surface area (Å²) < 4.78 is 0. The molecule has 0 aromatic heterocycles. The van der Waals surface area contributed by atoms with E-state index in [0.717, 1.165) is 17.0 Å². The zero-order chi connectivity index (χ0) is 14.4. The highest BCUT2D eigenvalue weighted by Gasteiger charge is 1.98. The molecule has 3 nitrogen and oxygen atoms in total. The van der Waals surface area contributed by atoms with Gasteiger partial charge < -0.3 is 5.32 Å². The maximum absolute atomic E-state index is 5.21. The van der Waals surface area contributed by atoms with Crippen molar-refractivity contribution < 1.29 is 0 Å². The highest BCUT2D eigenvalue weighted by Crippen LogP contribution is 2.08. The van der Waals surface area contributed by atoms with Crippen LogP contribution in [0.5, 0.6) is 0 Å². The second-order valence-electron chi connectivity index (χ2n) is 4.50. The average Bonchev–Trinajstić information content (AvgIpc) is 2.48. The van der Waals surface area contributed by atoms with Crippen molar-refractivity contribution in [1.29, 1.82) is 0 Å². The zero-order valence-corrected chi connectivity index (χ0v) is 12.4. The van der Waals surface area contributed by atoms with E-state index in [0.29, 0.717) is 5.11 Å². The zero-order valence-electron chi connectivity index (χ0n) is 11.6. The van der Waals surface area contributed by atoms with E-state index in [2.05, 4.69) is 15.8 Å². The van der Waals surface area contributed by atoms with Crippen molar-refractivity contribution in [2.45, 2.75) is 13.8 Å². The Hall–Kier alpha value is -2.20. The summed E-state index contributed by atoms with van der Waals surface area (Å²) in [6.45, 7) is 3.99. The van der Waals surface area contributed by atoms with Crippen LogP contribution in [0.3, 0.4) is 0 Å². The molecule has 0 saturated carbocycles. The van der Waals surface area contributed by atoms with E-state index < -0.39 is 0 Å². The van der Waals surface area contributed by atoms with E-state index in [1.54, 1.807) is 0 Å². The monoisotopic (exact) mass is 283 g/mol. The summed E-state index contributed by atoms with van der Waals surface area (Å²) in [5, 5.41) is 7.84. The van der Waals surface area contributed by atoms with Gasteiger partial charge in [0.2, 0.25) is 0 Å². The van der Waals surface area contributed by atoms with E-state index >= 15 is 0 Å². The molecule has 0 aliphatic rings. The largest absolute Gasteiger partial charge is 0.331 e. The van der Waals surface area contributed by atoms with E-state index in [1.165, 1.54) is 5.56 Å². The molecule has 0 heterocycles. The van der Waals surface area contributed by atoms with E-state index in [4.69, 9.17) is 12.2 Å². The highest BCUT2D eigenvalue weighted by atomic mass is 32.1. The van der Waals surface area contributed by atoms with Crippen molar-refractivity contribution in [2.24, 2.45) is 5.10 Å². The molecule has 0 fully saturated rings. The lowest BCUT2D eigenvalue weighted by atomic mass is 10.1. The van der Waals surface area contributed by atoms with Gasteiger partial charge in [-0.05, 0) is 43.8 Å². The van der Waals surface area contributed by atoms with Crippen molar-refractivity contribution in [3.05, 3.63) is 65.7 Å². The van der Waals surface area contributed by atoms with Crippen molar-refractivity contribution in [3.63, 3.8) is 0 Å². The Labute approximate surface area is 124 Å². The summed E-state index contributed by atoms with van der Waals surface area (Å²) in [6, 6.07) is 18.0. The van der Waals surface area contributed by atoms with Gasteiger partial charge in [-0.25, -0.2) is 0 Å². The molecule has 2 rings (SSSR count). The normalized spacial score (nSPS) is 11.0. The topological polar surface area (TPSA) is 36.4 Å². The first kappa shape index (κ1) is 14.2. The van der Waals surface area contributed by atoms with Crippen LogP contribution in [0, 0.1) is 6.92 Å². The molecule has 4 heteroatoms. The second kappa shape index (κ2) is 6.82. The minimum atomic E-state index is 0.476. The SMILES string of the molecule is C/C(=N\NC(=S)Nc1ccc(C)cc1)c1ccccc1. The summed E-state index contributed by atoms with van der Waals surface area (Å²) in [7, 11) is 0. The van der Waals surface area contributed by atoms with Gasteiger partial charge in [0, 0.05) is 5.69 Å². The summed E-state index contributed by atoms with van der Waals surface area (Å²) in [6.07, 6.45) is 0. The molecule has 20 heavy (non-hydrogen) atoms. The molecule has 2 aromatic rings. The lowest BCUT2D eigenvalue weighted by Gasteiger charge is -2.08. The Kier molecular flexibility index (Phi) is 4.85. The number of hydrazone groups is 1. The predicted octanol–water partition coefficient (Wildman–Crippen LogP) is 3.71. The fraction of sp³-hybridized carbons (Fsp3) is 0.125. The Balaban J connectivity index is 1.93. The molecule has 0 spiro atoms. The molecular formula is C16H17N3S. The summed E-state index contributed by atoms with van der Waals surface area (Å²) in [5.41, 5.74) is 6.97. The van der Waals surface area contributed by atoms with E-state index in [-0.39, 0.29) is 0 Å². The van der Waals surface area contributed by atoms with Gasteiger partial charge in [-0.1, -0.05) is 48.0 Å². The fourth-order valence-electron chi connectivity index (χ4n) is 1.67. The van der Waals surface area contributed by atoms with Crippen molar-refractivity contribution in [1.82, 2.24) is 5.43 Å². The molecule has 0 bridgehead atoms. The highest BCUT2D eigenvalue weighted by molar-refractivity contribution is 7.80. The fourth-order valence-corrected chi connectivity index (χ4v) is 1.84. The van der Waals surface area contributed by atoms with Gasteiger partial charge in [-0.2, -0.15) is 5.10 Å². The number of hydrogen-bond acceptors (Lipinski definition) is 2. The number of aryl methyl sites for hydroxylation is 1. The predicted molar refractivity (Wildman–Crippen MR) is 89.2 cm³/mol. The Morgan fingerprint density at radius 2 is 1.65 bits per heavy atom. The minimum absolute atomic E-state index is 0.476. The number of thiocarbonyl (C=S) groups is 1. The lowest BCUT2D eigenvalue weighted by molar-refractivity contribution is 1.04. The smallest absolute Gasteiger partial charge is 0.191 e. The Bertz CT molecular complexity index is 603. The molecule has 2 aromatic carbocycles. The number of anilines is 1. The van der Waals surface area contributed by atoms with Crippen LogP contribution in [0.15, 0.2) is 59.7 Å². The van der Waals surface area contributed by atoms with Crippen LogP contribution in [0.4, 0.5) is 5.69 Å². The molecule has 0 radical (unpaired) electrons. The molecule has 0 aliphatic carbocycles. The Morgan fingerprint density at radius 3 is 2.30 bits per heavy atom.